The van der Waals surface area contributed by atoms with Gasteiger partial charge >= 0.3 is 0 Å². The molecule has 1 heterocycles. The molecule has 0 unspecified atom stereocenters. The predicted molar refractivity (Wildman–Crippen MR) is 102 cm³/mol. The summed E-state index contributed by atoms with van der Waals surface area (Å²) in [5.41, 5.74) is 5.01. The predicted octanol–water partition coefficient (Wildman–Crippen LogP) is 1.14. The van der Waals surface area contributed by atoms with Gasteiger partial charge in [0.05, 0.1) is 12.1 Å². The summed E-state index contributed by atoms with van der Waals surface area (Å²) >= 11 is 0. The van der Waals surface area contributed by atoms with Gasteiger partial charge in [0.25, 0.3) is 17.7 Å². The van der Waals surface area contributed by atoms with Gasteiger partial charge in [-0.3, -0.25) is 30.0 Å². The van der Waals surface area contributed by atoms with Gasteiger partial charge in [0.2, 0.25) is 5.91 Å². The molecule has 0 spiro atoms. The SMILES string of the molecule is O=C(CNC(=O)c1ccc(N2CCCC2=O)cc1)NNC(=O)c1ccccc1F. The quantitative estimate of drug-likeness (QED) is 0.657. The third kappa shape index (κ3) is 4.95. The van der Waals surface area contributed by atoms with Crippen LogP contribution in [0.1, 0.15) is 33.6 Å². The second kappa shape index (κ2) is 8.96. The van der Waals surface area contributed by atoms with Gasteiger partial charge in [0.1, 0.15) is 5.82 Å². The smallest absolute Gasteiger partial charge is 0.272 e. The number of rotatable bonds is 5. The highest BCUT2D eigenvalue weighted by molar-refractivity contribution is 5.99. The van der Waals surface area contributed by atoms with Gasteiger partial charge in [-0.1, -0.05) is 12.1 Å². The summed E-state index contributed by atoms with van der Waals surface area (Å²) < 4.78 is 13.5. The zero-order valence-electron chi connectivity index (χ0n) is 15.4. The van der Waals surface area contributed by atoms with Crippen molar-refractivity contribution in [3.63, 3.8) is 0 Å². The summed E-state index contributed by atoms with van der Waals surface area (Å²) in [6.45, 7) is 0.270. The second-order valence-electron chi connectivity index (χ2n) is 6.36. The minimum absolute atomic E-state index is 0.0521. The Balaban J connectivity index is 1.46. The number of nitrogens with zero attached hydrogens (tertiary/aromatic N) is 1. The maximum absolute atomic E-state index is 13.5. The fourth-order valence-electron chi connectivity index (χ4n) is 2.86. The monoisotopic (exact) mass is 398 g/mol. The van der Waals surface area contributed by atoms with E-state index in [1.54, 1.807) is 29.2 Å². The molecule has 0 radical (unpaired) electrons. The number of anilines is 1. The van der Waals surface area contributed by atoms with Gasteiger partial charge in [-0.25, -0.2) is 4.39 Å². The molecule has 0 aliphatic carbocycles. The van der Waals surface area contributed by atoms with Crippen LogP contribution in [-0.2, 0) is 9.59 Å². The van der Waals surface area contributed by atoms with Crippen molar-refractivity contribution < 1.29 is 23.6 Å². The topological polar surface area (TPSA) is 108 Å². The summed E-state index contributed by atoms with van der Waals surface area (Å²) in [6, 6.07) is 11.8. The number of hydrogen-bond acceptors (Lipinski definition) is 4. The number of hydrazine groups is 1. The normalized spacial score (nSPS) is 13.1. The average Bonchev–Trinajstić information content (AvgIpc) is 3.16. The van der Waals surface area contributed by atoms with Crippen LogP contribution in [0.15, 0.2) is 48.5 Å². The molecule has 1 aliphatic rings. The van der Waals surface area contributed by atoms with E-state index in [0.717, 1.165) is 18.2 Å². The van der Waals surface area contributed by atoms with Gasteiger partial charge in [0, 0.05) is 24.2 Å². The summed E-state index contributed by atoms with van der Waals surface area (Å²) in [6.07, 6.45) is 1.33. The van der Waals surface area contributed by atoms with Crippen LogP contribution >= 0.6 is 0 Å². The van der Waals surface area contributed by atoms with Crippen LogP contribution < -0.4 is 21.1 Å². The molecule has 29 heavy (non-hydrogen) atoms. The molecule has 3 rings (SSSR count). The maximum atomic E-state index is 13.5. The van der Waals surface area contributed by atoms with Crippen molar-refractivity contribution in [2.24, 2.45) is 0 Å². The first-order valence-electron chi connectivity index (χ1n) is 8.98. The Labute approximate surface area is 166 Å². The molecule has 2 aromatic carbocycles. The summed E-state index contributed by atoms with van der Waals surface area (Å²) in [4.78, 5) is 49.1. The molecule has 0 saturated carbocycles. The van der Waals surface area contributed by atoms with Crippen molar-refractivity contribution in [1.29, 1.82) is 0 Å². The summed E-state index contributed by atoms with van der Waals surface area (Å²) in [7, 11) is 0. The third-order valence-corrected chi connectivity index (χ3v) is 4.36. The van der Waals surface area contributed by atoms with Crippen LogP contribution in [-0.4, -0.2) is 36.7 Å². The Hall–Kier alpha value is -3.75. The molecule has 150 valence electrons. The van der Waals surface area contributed by atoms with Gasteiger partial charge in [-0.2, -0.15) is 0 Å². The van der Waals surface area contributed by atoms with Crippen LogP contribution in [0.2, 0.25) is 0 Å². The molecule has 1 aliphatic heterocycles. The molecule has 0 bridgehead atoms. The zero-order valence-corrected chi connectivity index (χ0v) is 15.4. The fraction of sp³-hybridized carbons (Fsp3) is 0.200. The van der Waals surface area contributed by atoms with E-state index in [1.165, 1.54) is 18.2 Å². The van der Waals surface area contributed by atoms with Gasteiger partial charge in [0.15, 0.2) is 0 Å². The van der Waals surface area contributed by atoms with Crippen molar-refractivity contribution >= 4 is 29.3 Å². The molecule has 1 saturated heterocycles. The highest BCUT2D eigenvalue weighted by atomic mass is 19.1. The molecule has 4 amide bonds. The van der Waals surface area contributed by atoms with Crippen molar-refractivity contribution in [1.82, 2.24) is 16.2 Å². The Morgan fingerprint density at radius 3 is 2.34 bits per heavy atom. The highest BCUT2D eigenvalue weighted by Gasteiger charge is 2.21. The number of hydrogen-bond donors (Lipinski definition) is 3. The van der Waals surface area contributed by atoms with E-state index >= 15 is 0 Å². The number of halogens is 1. The van der Waals surface area contributed by atoms with E-state index in [2.05, 4.69) is 16.2 Å². The summed E-state index contributed by atoms with van der Waals surface area (Å²) in [5.74, 6) is -2.64. The first-order chi connectivity index (χ1) is 14.0. The minimum atomic E-state index is -0.810. The lowest BCUT2D eigenvalue weighted by Crippen LogP contribution is -2.46. The van der Waals surface area contributed by atoms with Crippen LogP contribution in [0.3, 0.4) is 0 Å². The second-order valence-corrected chi connectivity index (χ2v) is 6.36. The fourth-order valence-corrected chi connectivity index (χ4v) is 2.86. The maximum Gasteiger partial charge on any atom is 0.272 e. The Bertz CT molecular complexity index is 946. The third-order valence-electron chi connectivity index (χ3n) is 4.36. The van der Waals surface area contributed by atoms with E-state index < -0.39 is 23.5 Å². The van der Waals surface area contributed by atoms with Crippen LogP contribution in [0.25, 0.3) is 0 Å². The van der Waals surface area contributed by atoms with Crippen LogP contribution in [0, 0.1) is 5.82 Å². The molecular weight excluding hydrogens is 379 g/mol. The average molecular weight is 398 g/mol. The number of nitrogens with one attached hydrogen (secondary N) is 3. The van der Waals surface area contributed by atoms with Crippen molar-refractivity contribution in [2.75, 3.05) is 18.0 Å². The number of carbonyl (C=O) groups is 4. The molecule has 0 atom stereocenters. The molecule has 8 nitrogen and oxygen atoms in total. The number of benzene rings is 2. The van der Waals surface area contributed by atoms with E-state index in [0.29, 0.717) is 18.5 Å². The number of carbonyl (C=O) groups excluding carboxylic acids is 4. The van der Waals surface area contributed by atoms with E-state index in [-0.39, 0.29) is 18.0 Å². The van der Waals surface area contributed by atoms with Crippen molar-refractivity contribution in [2.45, 2.75) is 12.8 Å². The van der Waals surface area contributed by atoms with E-state index in [4.69, 9.17) is 0 Å². The largest absolute Gasteiger partial charge is 0.343 e. The molecule has 2 aromatic rings. The Morgan fingerprint density at radius 2 is 1.69 bits per heavy atom. The molecule has 1 fully saturated rings. The molecule has 0 aromatic heterocycles. The number of amides is 4. The van der Waals surface area contributed by atoms with E-state index in [1.807, 2.05) is 0 Å². The first kappa shape index (κ1) is 20.0. The standard InChI is InChI=1S/C20H19FN4O4/c21-16-5-2-1-4-15(16)20(29)24-23-17(26)12-22-19(28)13-7-9-14(10-8-13)25-11-3-6-18(25)27/h1-2,4-5,7-10H,3,6,11-12H2,(H,22,28)(H,23,26)(H,24,29). The lowest BCUT2D eigenvalue weighted by Gasteiger charge is -2.15. The van der Waals surface area contributed by atoms with Gasteiger partial charge < -0.3 is 10.2 Å². The Morgan fingerprint density at radius 1 is 0.966 bits per heavy atom. The van der Waals surface area contributed by atoms with Gasteiger partial charge in [-0.05, 0) is 42.8 Å². The molecule has 9 heteroatoms. The van der Waals surface area contributed by atoms with E-state index in [9.17, 15) is 23.6 Å². The lowest BCUT2D eigenvalue weighted by molar-refractivity contribution is -0.121. The van der Waals surface area contributed by atoms with Crippen LogP contribution in [0.4, 0.5) is 10.1 Å². The van der Waals surface area contributed by atoms with Gasteiger partial charge in [-0.15, -0.1) is 0 Å². The molecule has 3 N–H and O–H groups in total. The van der Waals surface area contributed by atoms with Crippen molar-refractivity contribution in [3.05, 3.63) is 65.5 Å². The minimum Gasteiger partial charge on any atom is -0.343 e. The Kier molecular flexibility index (Phi) is 6.18. The van der Waals surface area contributed by atoms with Crippen molar-refractivity contribution in [3.8, 4) is 0 Å². The van der Waals surface area contributed by atoms with Crippen LogP contribution in [0.5, 0.6) is 0 Å². The zero-order chi connectivity index (χ0) is 20.8. The summed E-state index contributed by atoms with van der Waals surface area (Å²) in [5, 5.41) is 2.41. The highest BCUT2D eigenvalue weighted by Crippen LogP contribution is 2.21. The molecular formula is C20H19FN4O4. The lowest BCUT2D eigenvalue weighted by atomic mass is 10.2. The first-order valence-corrected chi connectivity index (χ1v) is 8.98.